The van der Waals surface area contributed by atoms with Gasteiger partial charge in [-0.2, -0.15) is 9.97 Å². The zero-order valence-electron chi connectivity index (χ0n) is 12.0. The van der Waals surface area contributed by atoms with Crippen molar-refractivity contribution in [3.8, 4) is 6.01 Å². The number of aromatic hydroxyl groups is 1. The molecule has 0 radical (unpaired) electrons. The fourth-order valence-electron chi connectivity index (χ4n) is 2.27. The van der Waals surface area contributed by atoms with Crippen LogP contribution in [0.3, 0.4) is 0 Å². The SMILES string of the molecule is COC(=O)c1cc(NC2CCN(C(C)=O)CC2)nc(O)n1. The molecule has 1 aliphatic rings. The third kappa shape index (κ3) is 3.80. The number of likely N-dealkylation sites (tertiary alicyclic amines) is 1. The lowest BCUT2D eigenvalue weighted by Gasteiger charge is -2.31. The van der Waals surface area contributed by atoms with Crippen LogP contribution >= 0.6 is 0 Å². The number of aromatic nitrogens is 2. The molecule has 1 aliphatic heterocycles. The van der Waals surface area contributed by atoms with Gasteiger partial charge in [0.2, 0.25) is 5.91 Å². The lowest BCUT2D eigenvalue weighted by atomic mass is 10.1. The number of esters is 1. The minimum atomic E-state index is -0.637. The molecule has 8 nitrogen and oxygen atoms in total. The predicted octanol–water partition coefficient (Wildman–Crippen LogP) is 0.392. The number of amides is 1. The number of ether oxygens (including phenoxy) is 1. The smallest absolute Gasteiger partial charge is 0.356 e. The van der Waals surface area contributed by atoms with Crippen molar-refractivity contribution < 1.29 is 19.4 Å². The molecule has 0 spiro atoms. The highest BCUT2D eigenvalue weighted by molar-refractivity contribution is 5.88. The fraction of sp³-hybridized carbons (Fsp3) is 0.538. The number of hydrogen-bond acceptors (Lipinski definition) is 7. The second-order valence-corrected chi connectivity index (χ2v) is 4.85. The molecular formula is C13H18N4O4. The Morgan fingerprint density at radius 2 is 2.05 bits per heavy atom. The molecule has 1 aromatic rings. The van der Waals surface area contributed by atoms with E-state index < -0.39 is 12.0 Å². The van der Waals surface area contributed by atoms with Crippen molar-refractivity contribution in [3.05, 3.63) is 11.8 Å². The Morgan fingerprint density at radius 1 is 1.38 bits per heavy atom. The number of nitrogens with zero attached hydrogens (tertiary/aromatic N) is 3. The third-order valence-corrected chi connectivity index (χ3v) is 3.40. The zero-order valence-corrected chi connectivity index (χ0v) is 12.0. The van der Waals surface area contributed by atoms with E-state index in [1.54, 1.807) is 11.8 Å². The van der Waals surface area contributed by atoms with Crippen LogP contribution in [0.15, 0.2) is 6.07 Å². The molecule has 21 heavy (non-hydrogen) atoms. The Balaban J connectivity index is 2.02. The topological polar surface area (TPSA) is 105 Å². The molecular weight excluding hydrogens is 276 g/mol. The molecule has 1 saturated heterocycles. The molecule has 0 aromatic carbocycles. The predicted molar refractivity (Wildman–Crippen MR) is 73.9 cm³/mol. The van der Waals surface area contributed by atoms with Gasteiger partial charge in [0, 0.05) is 32.1 Å². The van der Waals surface area contributed by atoms with E-state index in [-0.39, 0.29) is 17.6 Å². The minimum absolute atomic E-state index is 0.00586. The van der Waals surface area contributed by atoms with E-state index in [1.807, 2.05) is 0 Å². The van der Waals surface area contributed by atoms with Gasteiger partial charge in [-0.05, 0) is 12.8 Å². The Labute approximate surface area is 122 Å². The molecule has 0 saturated carbocycles. The number of hydrogen-bond donors (Lipinski definition) is 2. The summed E-state index contributed by atoms with van der Waals surface area (Å²) in [5.41, 5.74) is -0.00586. The molecule has 114 valence electrons. The summed E-state index contributed by atoms with van der Waals surface area (Å²) in [7, 11) is 1.24. The Kier molecular flexibility index (Phi) is 4.56. The largest absolute Gasteiger partial charge is 0.479 e. The van der Waals surface area contributed by atoms with Gasteiger partial charge in [0.15, 0.2) is 5.69 Å². The van der Waals surface area contributed by atoms with Gasteiger partial charge in [-0.1, -0.05) is 0 Å². The van der Waals surface area contributed by atoms with Crippen LogP contribution in [-0.2, 0) is 9.53 Å². The maximum absolute atomic E-state index is 11.4. The van der Waals surface area contributed by atoms with Gasteiger partial charge in [-0.15, -0.1) is 0 Å². The minimum Gasteiger partial charge on any atom is -0.479 e. The highest BCUT2D eigenvalue weighted by Crippen LogP contribution is 2.17. The average molecular weight is 294 g/mol. The summed E-state index contributed by atoms with van der Waals surface area (Å²) in [6.07, 6.45) is 1.55. The summed E-state index contributed by atoms with van der Waals surface area (Å²) in [6, 6.07) is 1.07. The van der Waals surface area contributed by atoms with E-state index >= 15 is 0 Å². The van der Waals surface area contributed by atoms with E-state index in [0.29, 0.717) is 18.9 Å². The van der Waals surface area contributed by atoms with Gasteiger partial charge in [0.1, 0.15) is 5.82 Å². The van der Waals surface area contributed by atoms with Crippen molar-refractivity contribution in [2.75, 3.05) is 25.5 Å². The summed E-state index contributed by atoms with van der Waals surface area (Å²) in [5, 5.41) is 12.6. The van der Waals surface area contributed by atoms with Gasteiger partial charge in [-0.3, -0.25) is 4.79 Å². The summed E-state index contributed by atoms with van der Waals surface area (Å²) < 4.78 is 4.56. The maximum Gasteiger partial charge on any atom is 0.356 e. The number of carbonyl (C=O) groups is 2. The Hall–Kier alpha value is -2.38. The molecule has 8 heteroatoms. The van der Waals surface area contributed by atoms with Crippen LogP contribution in [0.25, 0.3) is 0 Å². The summed E-state index contributed by atoms with van der Waals surface area (Å²) in [6.45, 7) is 2.90. The van der Waals surface area contributed by atoms with Crippen molar-refractivity contribution in [1.82, 2.24) is 14.9 Å². The highest BCUT2D eigenvalue weighted by Gasteiger charge is 2.21. The lowest BCUT2D eigenvalue weighted by molar-refractivity contribution is -0.129. The van der Waals surface area contributed by atoms with Crippen LogP contribution in [0.5, 0.6) is 6.01 Å². The van der Waals surface area contributed by atoms with Crippen molar-refractivity contribution in [1.29, 1.82) is 0 Å². The van der Waals surface area contributed by atoms with Crippen LogP contribution in [0, 0.1) is 0 Å². The van der Waals surface area contributed by atoms with Crippen molar-refractivity contribution in [2.45, 2.75) is 25.8 Å². The molecule has 0 unspecified atom stereocenters. The quantitative estimate of drug-likeness (QED) is 0.777. The van der Waals surface area contributed by atoms with Gasteiger partial charge < -0.3 is 20.1 Å². The van der Waals surface area contributed by atoms with E-state index in [2.05, 4.69) is 20.0 Å². The van der Waals surface area contributed by atoms with Crippen molar-refractivity contribution in [3.63, 3.8) is 0 Å². The number of piperidine rings is 1. The third-order valence-electron chi connectivity index (χ3n) is 3.40. The van der Waals surface area contributed by atoms with Gasteiger partial charge >= 0.3 is 12.0 Å². The molecule has 1 fully saturated rings. The number of rotatable bonds is 3. The number of anilines is 1. The fourth-order valence-corrected chi connectivity index (χ4v) is 2.27. The van der Waals surface area contributed by atoms with Crippen LogP contribution in [-0.4, -0.2) is 58.1 Å². The molecule has 2 N–H and O–H groups in total. The highest BCUT2D eigenvalue weighted by atomic mass is 16.5. The normalized spacial score (nSPS) is 15.6. The Bertz CT molecular complexity index is 541. The second kappa shape index (κ2) is 6.38. The van der Waals surface area contributed by atoms with Gasteiger partial charge in [-0.25, -0.2) is 4.79 Å². The average Bonchev–Trinajstić information content (AvgIpc) is 2.46. The van der Waals surface area contributed by atoms with Gasteiger partial charge in [0.05, 0.1) is 7.11 Å². The first-order valence-electron chi connectivity index (χ1n) is 6.68. The summed E-state index contributed by atoms with van der Waals surface area (Å²) in [4.78, 5) is 31.9. The molecule has 2 rings (SSSR count). The van der Waals surface area contributed by atoms with Crippen molar-refractivity contribution >= 4 is 17.7 Å². The maximum atomic E-state index is 11.4. The summed E-state index contributed by atoms with van der Waals surface area (Å²) in [5.74, 6) is -0.201. The molecule has 0 bridgehead atoms. The first kappa shape index (κ1) is 15.0. The molecule has 1 aromatic heterocycles. The van der Waals surface area contributed by atoms with Crippen LogP contribution in [0.1, 0.15) is 30.3 Å². The van der Waals surface area contributed by atoms with E-state index in [4.69, 9.17) is 0 Å². The molecule has 0 aliphatic carbocycles. The van der Waals surface area contributed by atoms with Crippen LogP contribution in [0.2, 0.25) is 0 Å². The first-order chi connectivity index (χ1) is 9.99. The lowest BCUT2D eigenvalue weighted by Crippen LogP contribution is -2.41. The summed E-state index contributed by atoms with van der Waals surface area (Å²) >= 11 is 0. The van der Waals surface area contributed by atoms with Crippen LogP contribution < -0.4 is 5.32 Å². The molecule has 1 amide bonds. The van der Waals surface area contributed by atoms with Crippen LogP contribution in [0.4, 0.5) is 5.82 Å². The van der Waals surface area contributed by atoms with Crippen molar-refractivity contribution in [2.24, 2.45) is 0 Å². The van der Waals surface area contributed by atoms with E-state index in [1.165, 1.54) is 13.2 Å². The molecule has 2 heterocycles. The number of carbonyl (C=O) groups excluding carboxylic acids is 2. The van der Waals surface area contributed by atoms with E-state index in [9.17, 15) is 14.7 Å². The Morgan fingerprint density at radius 3 is 2.62 bits per heavy atom. The first-order valence-corrected chi connectivity index (χ1v) is 6.68. The number of methoxy groups -OCH3 is 1. The monoisotopic (exact) mass is 294 g/mol. The second-order valence-electron chi connectivity index (χ2n) is 4.85. The zero-order chi connectivity index (χ0) is 15.4. The van der Waals surface area contributed by atoms with E-state index in [0.717, 1.165) is 12.8 Å². The molecule has 0 atom stereocenters. The van der Waals surface area contributed by atoms with Gasteiger partial charge in [0.25, 0.3) is 0 Å². The standard InChI is InChI=1S/C13H18N4O4/c1-8(18)17-5-3-9(4-6-17)14-11-7-10(12(19)21-2)15-13(20)16-11/h7,9H,3-6H2,1-2H3,(H2,14,15,16,20). The number of nitrogens with one attached hydrogen (secondary N) is 1.